The number of amides is 2. The van der Waals surface area contributed by atoms with E-state index >= 15 is 0 Å². The second kappa shape index (κ2) is 29.0. The number of carbonyl (C=O) groups excluding carboxylic acids is 2. The summed E-state index contributed by atoms with van der Waals surface area (Å²) in [4.78, 5) is 26.9. The minimum Gasteiger partial charge on any atom is -1.00 e. The monoisotopic (exact) mass is 1140 g/mol. The molecule has 0 saturated heterocycles. The molecule has 0 spiro atoms. The van der Waals surface area contributed by atoms with Gasteiger partial charge in [0.2, 0.25) is 11.8 Å². The molecule has 2 amide bonds. The zero-order valence-electron chi connectivity index (χ0n) is 36.9. The van der Waals surface area contributed by atoms with Crippen LogP contribution in [0.4, 0.5) is 11.4 Å². The number of anilines is 2. The van der Waals surface area contributed by atoms with Gasteiger partial charge in [-0.2, -0.15) is 0 Å². The molecule has 0 fully saturated rings. The first-order chi connectivity index (χ1) is 29.8. The van der Waals surface area contributed by atoms with Crippen LogP contribution in [0, 0.1) is 10.8 Å². The Bertz CT molecular complexity index is 2090. The summed E-state index contributed by atoms with van der Waals surface area (Å²) in [5, 5.41) is 24.1. The fraction of sp³-hybridized carbons (Fsp3) is 0.429. The van der Waals surface area contributed by atoms with E-state index in [9.17, 15) is 9.59 Å². The molecule has 65 heavy (non-hydrogen) atoms. The van der Waals surface area contributed by atoms with E-state index in [-0.39, 0.29) is 65.3 Å². The number of hydrogen-bond acceptors (Lipinski definition) is 11. The van der Waals surface area contributed by atoms with Crippen LogP contribution in [0.3, 0.4) is 0 Å². The van der Waals surface area contributed by atoms with Crippen molar-refractivity contribution in [2.45, 2.75) is 50.1 Å². The molecule has 350 valence electrons. The van der Waals surface area contributed by atoms with Gasteiger partial charge >= 0.3 is 29.6 Å². The van der Waals surface area contributed by atoms with Crippen LogP contribution >= 0.6 is 69.6 Å². The molecule has 1 aliphatic rings. The van der Waals surface area contributed by atoms with Crippen LogP contribution < -0.4 is 73.6 Å². The molecule has 15 nitrogen and oxygen atoms in total. The average Bonchev–Trinajstić information content (AvgIpc) is 3.90. The molecule has 2 N–H and O–H groups in total. The van der Waals surface area contributed by atoms with Gasteiger partial charge in [-0.05, 0) is 36.4 Å². The molecule has 0 unspecified atom stereocenters. The third-order valence-electron chi connectivity index (χ3n) is 8.46. The quantitative estimate of drug-likeness (QED) is 0.150. The van der Waals surface area contributed by atoms with Gasteiger partial charge in [-0.15, -0.1) is 10.2 Å². The van der Waals surface area contributed by atoms with E-state index in [1.165, 1.54) is 0 Å². The third kappa shape index (κ3) is 20.5. The SMILES string of the molecule is CC(C)(C)C(=O)Nc1cc(NC(=O)C(C)(C)C)c2cc1-c1cn(nn1)-c1cccc(c1)OCCOCCOCCOCCOc1cccc(c1)-n1cc-2nn1.ClC(Cl)Cl.ClC(Cl)Cl.[I-].[Na+]. The van der Waals surface area contributed by atoms with Crippen molar-refractivity contribution < 1.29 is 86.8 Å². The summed E-state index contributed by atoms with van der Waals surface area (Å²) < 4.78 is 30.6. The molecule has 23 heteroatoms. The van der Waals surface area contributed by atoms with Crippen LogP contribution in [0.5, 0.6) is 11.5 Å². The topological polar surface area (TPSA) is 166 Å². The first-order valence-electron chi connectivity index (χ1n) is 19.5. The van der Waals surface area contributed by atoms with Gasteiger partial charge in [0.15, 0.2) is 8.59 Å². The second-order valence-electron chi connectivity index (χ2n) is 15.5. The standard InChI is InChI=1S/C40H48N8O7.2CHCl3.HI.Na/c1-39(2,3)37(49)41-33-24-34(42-38(50)40(4,5)6)32-23-31(33)35-25-47(45-43-35)27-9-7-11-29(21-27)54-19-17-52-15-13-51-14-16-53-18-20-55-30-12-8-10-28(22-30)48-26-36(32)44-46-48;2*2-1(3)4;;/h7-12,21-26H,13-20H2,1-6H3,(H,41,49)(H,42,50);2*1H;1H;/q;;;;+1/p-1. The van der Waals surface area contributed by atoms with Gasteiger partial charge in [0.25, 0.3) is 0 Å². The molecule has 0 radical (unpaired) electrons. The molecule has 3 aromatic carbocycles. The first-order valence-corrected chi connectivity index (χ1v) is 22.1. The summed E-state index contributed by atoms with van der Waals surface area (Å²) in [6, 6.07) is 18.5. The van der Waals surface area contributed by atoms with Crippen LogP contribution in [0.25, 0.3) is 33.9 Å². The van der Waals surface area contributed by atoms with E-state index in [1.807, 2.05) is 96.1 Å². The Kier molecular flexibility index (Phi) is 26.3. The maximum Gasteiger partial charge on any atom is 1.00 e. The second-order valence-corrected chi connectivity index (χ2v) is 19.4. The van der Waals surface area contributed by atoms with Crippen LogP contribution in [0.15, 0.2) is 73.1 Å². The van der Waals surface area contributed by atoms with Crippen LogP contribution in [-0.2, 0) is 23.8 Å². The number of fused-ring (bicyclic) bond motifs is 14. The Morgan fingerprint density at radius 3 is 1.25 bits per heavy atom. The summed E-state index contributed by atoms with van der Waals surface area (Å²) in [5.74, 6) is 0.827. The van der Waals surface area contributed by atoms with Crippen molar-refractivity contribution >= 4 is 92.8 Å². The van der Waals surface area contributed by atoms with E-state index in [4.69, 9.17) is 93.3 Å². The van der Waals surface area contributed by atoms with E-state index < -0.39 is 19.4 Å². The van der Waals surface area contributed by atoms with Crippen LogP contribution in [0.1, 0.15) is 41.5 Å². The van der Waals surface area contributed by atoms with Crippen molar-refractivity contribution in [2.24, 2.45) is 10.8 Å². The molecule has 0 atom stereocenters. The molecule has 3 heterocycles. The van der Waals surface area contributed by atoms with Crippen molar-refractivity contribution in [2.75, 3.05) is 63.5 Å². The fourth-order valence-corrected chi connectivity index (χ4v) is 5.29. The summed E-state index contributed by atoms with van der Waals surface area (Å²) in [6.07, 6.45) is 3.54. The summed E-state index contributed by atoms with van der Waals surface area (Å²) in [6.45, 7) is 14.2. The normalized spacial score (nSPS) is 13.6. The fourth-order valence-electron chi connectivity index (χ4n) is 5.29. The van der Waals surface area contributed by atoms with E-state index in [1.54, 1.807) is 27.8 Å². The maximum atomic E-state index is 13.5. The number of nitrogens with zero attached hydrogens (tertiary/aromatic N) is 6. The average molecular weight is 1140 g/mol. The van der Waals surface area contributed by atoms with E-state index in [0.717, 1.165) is 0 Å². The number of nitrogens with one attached hydrogen (secondary N) is 2. The smallest absolute Gasteiger partial charge is 1.00 e. The number of alkyl halides is 6. The minimum atomic E-state index is -0.750. The number of benzene rings is 3. The molecule has 5 aromatic rings. The number of hydrogen-bond donors (Lipinski definition) is 2. The number of ether oxygens (including phenoxy) is 5. The molecule has 0 saturated carbocycles. The van der Waals surface area contributed by atoms with Gasteiger partial charge in [0.05, 0.1) is 74.8 Å². The van der Waals surface area contributed by atoms with Crippen LogP contribution in [-0.4, -0.2) is 103 Å². The largest absolute Gasteiger partial charge is 1.00 e. The van der Waals surface area contributed by atoms with Crippen molar-refractivity contribution in [1.29, 1.82) is 0 Å². The number of aromatic nitrogens is 6. The van der Waals surface area contributed by atoms with E-state index in [2.05, 4.69) is 31.3 Å². The maximum absolute atomic E-state index is 13.5. The van der Waals surface area contributed by atoms with Crippen molar-refractivity contribution in [1.82, 2.24) is 30.0 Å². The zero-order valence-corrected chi connectivity index (χ0v) is 45.6. The van der Waals surface area contributed by atoms with Crippen LogP contribution in [0.2, 0.25) is 0 Å². The van der Waals surface area contributed by atoms with Gasteiger partial charge in [0.1, 0.15) is 36.1 Å². The Hall–Kier alpha value is -2.17. The van der Waals surface area contributed by atoms with Crippen molar-refractivity contribution in [3.63, 3.8) is 0 Å². The Morgan fingerprint density at radius 1 is 0.569 bits per heavy atom. The van der Waals surface area contributed by atoms with Gasteiger partial charge < -0.3 is 58.3 Å². The Labute approximate surface area is 448 Å². The molecular weight excluding hydrogens is 1090 g/mol. The summed E-state index contributed by atoms with van der Waals surface area (Å²) in [7, 11) is 0. The minimum absolute atomic E-state index is 0. The third-order valence-corrected chi connectivity index (χ3v) is 8.46. The molecule has 1 aliphatic heterocycles. The zero-order chi connectivity index (χ0) is 46.2. The predicted molar refractivity (Wildman–Crippen MR) is 249 cm³/mol. The Morgan fingerprint density at radius 2 is 0.908 bits per heavy atom. The van der Waals surface area contributed by atoms with Gasteiger partial charge in [0, 0.05) is 34.1 Å². The number of carbonyl (C=O) groups is 2. The summed E-state index contributed by atoms with van der Waals surface area (Å²) in [5.41, 5.74) is 2.91. The Balaban J connectivity index is 0.00000134. The molecular formula is C42H50Cl6IN8NaO7. The molecule has 2 aromatic heterocycles. The number of rotatable bonds is 2. The molecule has 0 aliphatic carbocycles. The van der Waals surface area contributed by atoms with Gasteiger partial charge in [-0.25, -0.2) is 9.36 Å². The van der Waals surface area contributed by atoms with Gasteiger partial charge in [-0.3, -0.25) is 9.59 Å². The summed E-state index contributed by atoms with van der Waals surface area (Å²) >= 11 is 28.8. The van der Waals surface area contributed by atoms with Crippen molar-refractivity contribution in [3.05, 3.63) is 73.1 Å². The first kappa shape index (κ1) is 59.0. The number of halogens is 7. The van der Waals surface area contributed by atoms with Crippen molar-refractivity contribution in [3.8, 4) is 45.4 Å². The predicted octanol–water partition coefficient (Wildman–Crippen LogP) is 3.95. The molecule has 10 bridgehead atoms. The molecule has 6 rings (SSSR count). The van der Waals surface area contributed by atoms with Gasteiger partial charge in [-0.1, -0.05) is 134 Å². The van der Waals surface area contributed by atoms with E-state index in [0.29, 0.717) is 110 Å².